The lowest BCUT2D eigenvalue weighted by Gasteiger charge is -2.34. The third kappa shape index (κ3) is 5.88. The maximum absolute atomic E-state index is 13.4. The standard InChI is InChI=1S/C32H39NO3Si/c1-5-26-24-25(30(34)33(26)31(35)36-32(2,3)4)16-15-23-37(27-17-9-6-10-18-27,28-19-11-7-12-20-28)29-21-13-8-14-22-29/h6-14,17-22,25-26H,5,15-16,23-24H2,1-4H3/t25-,26+/m1/s1. The largest absolute Gasteiger partial charge is 0.443 e. The number of benzene rings is 3. The van der Waals surface area contributed by atoms with Gasteiger partial charge in [0.25, 0.3) is 0 Å². The molecule has 0 radical (unpaired) electrons. The third-order valence-electron chi connectivity index (χ3n) is 7.47. The van der Waals surface area contributed by atoms with Crippen LogP contribution in [0, 0.1) is 5.92 Å². The van der Waals surface area contributed by atoms with Crippen LogP contribution in [-0.2, 0) is 9.53 Å². The number of carbonyl (C=O) groups excluding carboxylic acids is 2. The highest BCUT2D eigenvalue weighted by Crippen LogP contribution is 2.32. The summed E-state index contributed by atoms with van der Waals surface area (Å²) in [7, 11) is -2.33. The van der Waals surface area contributed by atoms with Crippen molar-refractivity contribution in [1.29, 1.82) is 0 Å². The van der Waals surface area contributed by atoms with E-state index in [1.54, 1.807) is 0 Å². The first-order valence-corrected chi connectivity index (χ1v) is 15.7. The van der Waals surface area contributed by atoms with Crippen LogP contribution in [0.1, 0.15) is 53.4 Å². The van der Waals surface area contributed by atoms with Crippen LogP contribution in [0.5, 0.6) is 0 Å². The quantitative estimate of drug-likeness (QED) is 0.295. The first-order valence-electron chi connectivity index (χ1n) is 13.5. The maximum atomic E-state index is 13.4. The average Bonchev–Trinajstić information content (AvgIpc) is 3.22. The Hall–Kier alpha value is -3.18. The summed E-state index contributed by atoms with van der Waals surface area (Å²) >= 11 is 0. The van der Waals surface area contributed by atoms with Crippen molar-refractivity contribution in [2.75, 3.05) is 0 Å². The predicted octanol–water partition coefficient (Wildman–Crippen LogP) is 5.50. The van der Waals surface area contributed by atoms with Gasteiger partial charge >= 0.3 is 6.09 Å². The van der Waals surface area contributed by atoms with Crippen molar-refractivity contribution in [2.24, 2.45) is 5.92 Å². The molecule has 0 aliphatic carbocycles. The van der Waals surface area contributed by atoms with E-state index in [0.717, 1.165) is 25.3 Å². The molecule has 0 unspecified atom stereocenters. The summed E-state index contributed by atoms with van der Waals surface area (Å²) in [5, 5.41) is 4.14. The van der Waals surface area contributed by atoms with Crippen molar-refractivity contribution >= 4 is 35.6 Å². The Balaban J connectivity index is 1.61. The normalized spacial score (nSPS) is 18.2. The maximum Gasteiger partial charge on any atom is 0.417 e. The van der Waals surface area contributed by atoms with Crippen LogP contribution in [0.2, 0.25) is 6.04 Å². The Bertz CT molecular complexity index is 1080. The summed E-state index contributed by atoms with van der Waals surface area (Å²) in [6.07, 6.45) is 2.65. The predicted molar refractivity (Wildman–Crippen MR) is 153 cm³/mol. The summed E-state index contributed by atoms with van der Waals surface area (Å²) in [5.74, 6) is -0.223. The molecule has 0 N–H and O–H groups in total. The number of hydrogen-bond acceptors (Lipinski definition) is 3. The van der Waals surface area contributed by atoms with Crippen molar-refractivity contribution in [3.05, 3.63) is 91.0 Å². The Morgan fingerprint density at radius 3 is 1.73 bits per heavy atom. The van der Waals surface area contributed by atoms with Crippen molar-refractivity contribution in [3.8, 4) is 0 Å². The Labute approximate surface area is 222 Å². The van der Waals surface area contributed by atoms with E-state index in [-0.39, 0.29) is 17.9 Å². The Morgan fingerprint density at radius 2 is 1.32 bits per heavy atom. The summed E-state index contributed by atoms with van der Waals surface area (Å²) in [4.78, 5) is 27.7. The van der Waals surface area contributed by atoms with Gasteiger partial charge in [0, 0.05) is 12.0 Å². The van der Waals surface area contributed by atoms with E-state index in [1.165, 1.54) is 20.5 Å². The molecule has 3 aromatic carbocycles. The third-order valence-corrected chi connectivity index (χ3v) is 12.5. The number of nitrogens with zero attached hydrogens (tertiary/aromatic N) is 1. The molecular formula is C32H39NO3Si. The van der Waals surface area contributed by atoms with Gasteiger partial charge in [-0.3, -0.25) is 4.79 Å². The molecular weight excluding hydrogens is 474 g/mol. The molecule has 4 nitrogen and oxygen atoms in total. The molecule has 0 aromatic heterocycles. The minimum Gasteiger partial charge on any atom is -0.443 e. The van der Waals surface area contributed by atoms with Crippen LogP contribution >= 0.6 is 0 Å². The fraction of sp³-hybridized carbons (Fsp3) is 0.375. The highest BCUT2D eigenvalue weighted by Gasteiger charge is 2.44. The second-order valence-corrected chi connectivity index (χ2v) is 15.1. The zero-order valence-electron chi connectivity index (χ0n) is 22.5. The van der Waals surface area contributed by atoms with Gasteiger partial charge in [0.1, 0.15) is 13.7 Å². The number of rotatable bonds is 8. The Kier molecular flexibility index (Phi) is 8.33. The number of likely N-dealkylation sites (tertiary alicyclic amines) is 1. The average molecular weight is 514 g/mol. The molecule has 3 aromatic rings. The second-order valence-electron chi connectivity index (χ2n) is 11.1. The lowest BCUT2D eigenvalue weighted by molar-refractivity contribution is -0.131. The molecule has 37 heavy (non-hydrogen) atoms. The number of hydrogen-bond donors (Lipinski definition) is 0. The summed E-state index contributed by atoms with van der Waals surface area (Å²) in [5.41, 5.74) is -0.625. The van der Waals surface area contributed by atoms with Gasteiger partial charge in [-0.2, -0.15) is 0 Å². The van der Waals surface area contributed by atoms with Crippen molar-refractivity contribution in [2.45, 2.75) is 71.1 Å². The highest BCUT2D eigenvalue weighted by atomic mass is 28.3. The molecule has 5 heteroatoms. The van der Waals surface area contributed by atoms with Crippen LogP contribution in [0.4, 0.5) is 4.79 Å². The van der Waals surface area contributed by atoms with Crippen molar-refractivity contribution in [3.63, 3.8) is 0 Å². The van der Waals surface area contributed by atoms with E-state index in [9.17, 15) is 9.59 Å². The van der Waals surface area contributed by atoms with Crippen LogP contribution in [0.15, 0.2) is 91.0 Å². The zero-order chi connectivity index (χ0) is 26.5. The minimum absolute atomic E-state index is 0.0764. The van der Waals surface area contributed by atoms with Gasteiger partial charge in [0.15, 0.2) is 0 Å². The van der Waals surface area contributed by atoms with Crippen molar-refractivity contribution < 1.29 is 14.3 Å². The van der Waals surface area contributed by atoms with Crippen LogP contribution < -0.4 is 15.6 Å². The lowest BCUT2D eigenvalue weighted by atomic mass is 9.99. The first kappa shape index (κ1) is 26.9. The fourth-order valence-electron chi connectivity index (χ4n) is 5.77. The van der Waals surface area contributed by atoms with Gasteiger partial charge < -0.3 is 4.74 Å². The number of imide groups is 1. The van der Waals surface area contributed by atoms with Gasteiger partial charge in [-0.25, -0.2) is 9.69 Å². The molecule has 2 amide bonds. The molecule has 1 saturated heterocycles. The van der Waals surface area contributed by atoms with Crippen LogP contribution in [-0.4, -0.2) is 36.6 Å². The molecule has 1 aliphatic heterocycles. The highest BCUT2D eigenvalue weighted by molar-refractivity contribution is 7.11. The van der Waals surface area contributed by atoms with E-state index in [4.69, 9.17) is 4.74 Å². The molecule has 1 aliphatic rings. The number of carbonyl (C=O) groups is 2. The van der Waals surface area contributed by atoms with Crippen molar-refractivity contribution in [1.82, 2.24) is 4.90 Å². The monoisotopic (exact) mass is 513 g/mol. The van der Waals surface area contributed by atoms with Crippen LogP contribution in [0.3, 0.4) is 0 Å². The second kappa shape index (κ2) is 11.5. The van der Waals surface area contributed by atoms with E-state index in [1.807, 2.05) is 27.7 Å². The van der Waals surface area contributed by atoms with Crippen LogP contribution in [0.25, 0.3) is 0 Å². The number of amides is 2. The SMILES string of the molecule is CC[C@H]1C[C@@H](CCC[Si](c2ccccc2)(c2ccccc2)c2ccccc2)C(=O)N1C(=O)OC(C)(C)C. The van der Waals surface area contributed by atoms with E-state index >= 15 is 0 Å². The number of ether oxygens (including phenoxy) is 1. The van der Waals surface area contributed by atoms with E-state index < -0.39 is 19.8 Å². The minimum atomic E-state index is -2.33. The Morgan fingerprint density at radius 1 is 0.865 bits per heavy atom. The molecule has 1 heterocycles. The van der Waals surface area contributed by atoms with E-state index in [2.05, 4.69) is 91.0 Å². The summed E-state index contributed by atoms with van der Waals surface area (Å²) in [6.45, 7) is 7.55. The van der Waals surface area contributed by atoms with Gasteiger partial charge in [0.05, 0.1) is 0 Å². The molecule has 0 saturated carbocycles. The topological polar surface area (TPSA) is 46.6 Å². The summed E-state index contributed by atoms with van der Waals surface area (Å²) < 4.78 is 5.58. The van der Waals surface area contributed by atoms with Gasteiger partial charge in [-0.05, 0) is 61.6 Å². The molecule has 0 bridgehead atoms. The fourth-order valence-corrected chi connectivity index (χ4v) is 10.7. The smallest absolute Gasteiger partial charge is 0.417 e. The molecule has 0 spiro atoms. The summed E-state index contributed by atoms with van der Waals surface area (Å²) in [6, 6.07) is 33.5. The van der Waals surface area contributed by atoms with Gasteiger partial charge in [-0.15, -0.1) is 0 Å². The lowest BCUT2D eigenvalue weighted by Crippen LogP contribution is -2.66. The first-order chi connectivity index (χ1) is 17.8. The van der Waals surface area contributed by atoms with Gasteiger partial charge in [-0.1, -0.05) is 104 Å². The zero-order valence-corrected chi connectivity index (χ0v) is 23.5. The molecule has 1 fully saturated rings. The molecule has 194 valence electrons. The van der Waals surface area contributed by atoms with Gasteiger partial charge in [0.2, 0.25) is 5.91 Å². The van der Waals surface area contributed by atoms with E-state index in [0.29, 0.717) is 6.42 Å². The molecule has 2 atom stereocenters. The molecule has 4 rings (SSSR count).